The van der Waals surface area contributed by atoms with Crippen LogP contribution in [0.5, 0.6) is 11.5 Å². The van der Waals surface area contributed by atoms with Gasteiger partial charge in [0.1, 0.15) is 29.6 Å². The number of carbonyl (C=O) groups excluding carboxylic acids is 3. The largest absolute Gasteiger partial charge is 0.508 e. The van der Waals surface area contributed by atoms with Crippen LogP contribution >= 0.6 is 0 Å². The number of phenolic OH excluding ortho intramolecular Hbond substituents is 2. The van der Waals surface area contributed by atoms with E-state index in [1.807, 2.05) is 24.3 Å². The molecule has 4 unspecified atom stereocenters. The van der Waals surface area contributed by atoms with E-state index in [2.05, 4.69) is 15.6 Å². The van der Waals surface area contributed by atoms with Crippen molar-refractivity contribution < 1.29 is 34.5 Å². The van der Waals surface area contributed by atoms with Gasteiger partial charge in [0.15, 0.2) is 0 Å². The molecule has 2 heterocycles. The third-order valence-electron chi connectivity index (χ3n) is 8.27. The lowest BCUT2D eigenvalue weighted by Crippen LogP contribution is -2.58. The molecule has 3 aromatic carbocycles. The highest BCUT2D eigenvalue weighted by molar-refractivity contribution is 5.95. The van der Waals surface area contributed by atoms with Crippen molar-refractivity contribution in [1.82, 2.24) is 20.5 Å². The maximum atomic E-state index is 14.0. The maximum absolute atomic E-state index is 14.0. The molecule has 5 rings (SSSR count). The molecule has 1 aromatic heterocycles. The van der Waals surface area contributed by atoms with E-state index in [1.54, 1.807) is 30.5 Å². The van der Waals surface area contributed by atoms with E-state index in [-0.39, 0.29) is 37.3 Å². The predicted octanol–water partition coefficient (Wildman–Crippen LogP) is 1.98. The molecule has 1 fully saturated rings. The molecule has 3 amide bonds. The molecule has 0 aliphatic carbocycles. The highest BCUT2D eigenvalue weighted by Crippen LogP contribution is 2.23. The summed E-state index contributed by atoms with van der Waals surface area (Å²) >= 11 is 0. The number of hydrogen-bond donors (Lipinski definition) is 7. The zero-order valence-corrected chi connectivity index (χ0v) is 25.1. The van der Waals surface area contributed by atoms with E-state index in [9.17, 15) is 34.5 Å². The molecule has 1 aliphatic rings. The first-order valence-corrected chi connectivity index (χ1v) is 15.1. The Kier molecular flexibility index (Phi) is 9.87. The van der Waals surface area contributed by atoms with Gasteiger partial charge in [0, 0.05) is 36.5 Å². The van der Waals surface area contributed by atoms with E-state index in [0.717, 1.165) is 16.5 Å². The number of fused-ring (bicyclic) bond motifs is 1. The van der Waals surface area contributed by atoms with Gasteiger partial charge >= 0.3 is 5.97 Å². The Hall–Kier alpha value is -5.36. The molecule has 0 bridgehead atoms. The Morgan fingerprint density at radius 3 is 2.09 bits per heavy atom. The van der Waals surface area contributed by atoms with Crippen LogP contribution in [0.15, 0.2) is 79.0 Å². The first kappa shape index (κ1) is 32.0. The summed E-state index contributed by atoms with van der Waals surface area (Å²) < 4.78 is 0. The second-order valence-electron chi connectivity index (χ2n) is 11.6. The van der Waals surface area contributed by atoms with Gasteiger partial charge in [-0.25, -0.2) is 4.79 Å². The van der Waals surface area contributed by atoms with E-state index in [0.29, 0.717) is 24.0 Å². The van der Waals surface area contributed by atoms with Crippen molar-refractivity contribution in [2.24, 2.45) is 5.73 Å². The third-order valence-corrected chi connectivity index (χ3v) is 8.27. The number of rotatable bonds is 12. The molecule has 12 nitrogen and oxygen atoms in total. The minimum absolute atomic E-state index is 0.0270. The number of H-pyrrole nitrogens is 1. The average Bonchev–Trinajstić information content (AvgIpc) is 3.70. The maximum Gasteiger partial charge on any atom is 0.326 e. The molecule has 1 saturated heterocycles. The van der Waals surface area contributed by atoms with Gasteiger partial charge in [0.2, 0.25) is 17.7 Å². The van der Waals surface area contributed by atoms with Crippen molar-refractivity contribution >= 4 is 34.6 Å². The zero-order chi connectivity index (χ0) is 32.8. The fourth-order valence-corrected chi connectivity index (χ4v) is 5.81. The number of likely N-dealkylation sites (tertiary alicyclic amines) is 1. The van der Waals surface area contributed by atoms with Gasteiger partial charge < -0.3 is 41.6 Å². The van der Waals surface area contributed by atoms with Crippen LogP contribution in [0.25, 0.3) is 10.9 Å². The number of carbonyl (C=O) groups is 4. The Morgan fingerprint density at radius 1 is 0.826 bits per heavy atom. The number of para-hydroxylation sites is 1. The molecule has 0 spiro atoms. The van der Waals surface area contributed by atoms with Crippen LogP contribution < -0.4 is 16.4 Å². The van der Waals surface area contributed by atoms with Crippen LogP contribution in [0.1, 0.15) is 29.5 Å². The summed E-state index contributed by atoms with van der Waals surface area (Å²) in [5, 5.41) is 35.5. The Balaban J connectivity index is 1.40. The lowest BCUT2D eigenvalue weighted by atomic mass is 10.0. The standard InChI is InChI=1S/C34H37N5O7/c35-26(16-20-7-11-23(40)12-8-20)31(42)37-28(17-21-9-13-24(41)14-10-21)32(43)38-29(33(44)39-15-3-6-30(39)34(45)46)18-22-19-36-27-5-2-1-4-25(22)27/h1-2,4-5,7-14,19,26,28-30,36,40-41H,3,6,15-18,35H2,(H,37,42)(H,38,43)(H,45,46). The Bertz CT molecular complexity index is 1700. The van der Waals surface area contributed by atoms with Crippen molar-refractivity contribution in [2.45, 2.75) is 56.3 Å². The van der Waals surface area contributed by atoms with Crippen molar-refractivity contribution in [1.29, 1.82) is 0 Å². The number of aromatic hydroxyl groups is 2. The Labute approximate surface area is 265 Å². The van der Waals surface area contributed by atoms with E-state index in [4.69, 9.17) is 5.73 Å². The number of aromatic amines is 1. The van der Waals surface area contributed by atoms with E-state index < -0.39 is 47.9 Å². The van der Waals surface area contributed by atoms with Crippen molar-refractivity contribution in [2.75, 3.05) is 6.54 Å². The normalized spacial score (nSPS) is 16.5. The molecule has 4 aromatic rings. The highest BCUT2D eigenvalue weighted by Gasteiger charge is 2.38. The van der Waals surface area contributed by atoms with Crippen LogP contribution in [-0.4, -0.2) is 79.6 Å². The van der Waals surface area contributed by atoms with E-state index in [1.165, 1.54) is 29.2 Å². The van der Waals surface area contributed by atoms with Crippen LogP contribution in [0.2, 0.25) is 0 Å². The fourth-order valence-electron chi connectivity index (χ4n) is 5.81. The zero-order valence-electron chi connectivity index (χ0n) is 25.1. The number of aliphatic carboxylic acids is 1. The van der Waals surface area contributed by atoms with Crippen molar-refractivity contribution in [3.63, 3.8) is 0 Å². The minimum atomic E-state index is -1.16. The number of nitrogens with one attached hydrogen (secondary N) is 3. The molecule has 240 valence electrons. The van der Waals surface area contributed by atoms with Crippen molar-refractivity contribution in [3.05, 3.63) is 95.7 Å². The summed E-state index contributed by atoms with van der Waals surface area (Å²) in [4.78, 5) is 57.6. The number of nitrogens with zero attached hydrogens (tertiary/aromatic N) is 1. The van der Waals surface area contributed by atoms with Gasteiger partial charge in [-0.3, -0.25) is 14.4 Å². The van der Waals surface area contributed by atoms with Gasteiger partial charge in [0.25, 0.3) is 0 Å². The molecular formula is C34H37N5O7. The predicted molar refractivity (Wildman–Crippen MR) is 170 cm³/mol. The van der Waals surface area contributed by atoms with Gasteiger partial charge in [-0.15, -0.1) is 0 Å². The molecule has 0 radical (unpaired) electrons. The fraction of sp³-hybridized carbons (Fsp3) is 0.294. The van der Waals surface area contributed by atoms with E-state index >= 15 is 0 Å². The van der Waals surface area contributed by atoms with Gasteiger partial charge in [-0.2, -0.15) is 0 Å². The van der Waals surface area contributed by atoms with Crippen molar-refractivity contribution in [3.8, 4) is 11.5 Å². The molecular weight excluding hydrogens is 590 g/mol. The van der Waals surface area contributed by atoms with Gasteiger partial charge in [0.05, 0.1) is 6.04 Å². The number of aromatic nitrogens is 1. The smallest absolute Gasteiger partial charge is 0.326 e. The number of nitrogens with two attached hydrogens (primary N) is 1. The number of benzene rings is 3. The second-order valence-corrected chi connectivity index (χ2v) is 11.6. The number of carboxylic acids is 1. The molecule has 46 heavy (non-hydrogen) atoms. The summed E-state index contributed by atoms with van der Waals surface area (Å²) in [5.74, 6) is -2.77. The lowest BCUT2D eigenvalue weighted by molar-refractivity contribution is -0.149. The van der Waals surface area contributed by atoms with Crippen LogP contribution in [0, 0.1) is 0 Å². The third kappa shape index (κ3) is 7.64. The SMILES string of the molecule is NC(Cc1ccc(O)cc1)C(=O)NC(Cc1ccc(O)cc1)C(=O)NC(Cc1c[nH]c2ccccc12)C(=O)N1CCCC1C(=O)O. The second kappa shape index (κ2) is 14.2. The summed E-state index contributed by atoms with van der Waals surface area (Å²) in [5.41, 5.74) is 9.16. The lowest BCUT2D eigenvalue weighted by Gasteiger charge is -2.29. The number of hydrogen-bond acceptors (Lipinski definition) is 7. The van der Waals surface area contributed by atoms with Crippen LogP contribution in [0.4, 0.5) is 0 Å². The number of carboxylic acid groups (broad SMARTS) is 1. The molecule has 1 aliphatic heterocycles. The summed E-state index contributed by atoms with van der Waals surface area (Å²) in [6, 6.07) is 15.6. The molecule has 0 saturated carbocycles. The first-order valence-electron chi connectivity index (χ1n) is 15.1. The summed E-state index contributed by atoms with van der Waals surface area (Å²) in [7, 11) is 0. The summed E-state index contributed by atoms with van der Waals surface area (Å²) in [6.07, 6.45) is 2.85. The average molecular weight is 628 g/mol. The topological polar surface area (TPSA) is 198 Å². The number of amides is 3. The monoisotopic (exact) mass is 627 g/mol. The Morgan fingerprint density at radius 2 is 1.43 bits per heavy atom. The first-order chi connectivity index (χ1) is 22.1. The van der Waals surface area contributed by atoms with Crippen LogP contribution in [-0.2, 0) is 38.4 Å². The highest BCUT2D eigenvalue weighted by atomic mass is 16.4. The quantitative estimate of drug-likeness (QED) is 0.124. The van der Waals surface area contributed by atoms with Gasteiger partial charge in [-0.1, -0.05) is 42.5 Å². The van der Waals surface area contributed by atoms with Gasteiger partial charge in [-0.05, 0) is 66.3 Å². The summed E-state index contributed by atoms with van der Waals surface area (Å²) in [6.45, 7) is 0.246. The molecule has 8 N–H and O–H groups in total. The molecule has 12 heteroatoms. The molecule has 4 atom stereocenters. The van der Waals surface area contributed by atoms with Crippen LogP contribution in [0.3, 0.4) is 0 Å². The number of phenols is 2. The minimum Gasteiger partial charge on any atom is -0.508 e.